The van der Waals surface area contributed by atoms with Crippen LogP contribution in [0.2, 0.25) is 0 Å². The van der Waals surface area contributed by atoms with Gasteiger partial charge in [-0.15, -0.1) is 0 Å². The van der Waals surface area contributed by atoms with Crippen molar-refractivity contribution in [2.24, 2.45) is 0 Å². The summed E-state index contributed by atoms with van der Waals surface area (Å²) in [5.41, 5.74) is 1.04. The molecule has 0 aliphatic rings. The van der Waals surface area contributed by atoms with Crippen molar-refractivity contribution in [1.82, 2.24) is 10.2 Å². The van der Waals surface area contributed by atoms with E-state index in [2.05, 4.69) is 16.0 Å². The molecule has 0 saturated heterocycles. The maximum atomic E-state index is 10.2. The van der Waals surface area contributed by atoms with Crippen LogP contribution in [0.4, 0.5) is 11.4 Å². The molecule has 0 spiro atoms. The van der Waals surface area contributed by atoms with E-state index >= 15 is 0 Å². The van der Waals surface area contributed by atoms with Crippen LogP contribution in [0.1, 0.15) is 20.3 Å². The molecule has 2 aromatic rings. The highest BCUT2D eigenvalue weighted by Gasteiger charge is 2.20. The van der Waals surface area contributed by atoms with Crippen molar-refractivity contribution in [3.05, 3.63) is 60.7 Å². The molecule has 0 amide bonds. The predicted octanol–water partition coefficient (Wildman–Crippen LogP) is 3.83. The molecule has 0 saturated carbocycles. The van der Waals surface area contributed by atoms with Gasteiger partial charge in [0, 0.05) is 31.0 Å². The van der Waals surface area contributed by atoms with Gasteiger partial charge in [0.1, 0.15) is 0 Å². The number of para-hydroxylation sites is 2. The second-order valence-corrected chi connectivity index (χ2v) is 7.93. The van der Waals surface area contributed by atoms with Crippen LogP contribution >= 0.6 is 24.4 Å². The third-order valence-electron chi connectivity index (χ3n) is 3.81. The number of nitrogens with zero attached hydrogens (tertiary/aromatic N) is 1. The Morgan fingerprint density at radius 1 is 0.929 bits per heavy atom. The average Bonchev–Trinajstić information content (AvgIpc) is 2.65. The van der Waals surface area contributed by atoms with Crippen LogP contribution < -0.4 is 16.0 Å². The normalized spacial score (nSPS) is 10.8. The fourth-order valence-corrected chi connectivity index (χ4v) is 3.11. The number of rotatable bonds is 8. The van der Waals surface area contributed by atoms with Gasteiger partial charge < -0.3 is 26.0 Å². The molecule has 0 atom stereocenters. The molecule has 0 fully saturated rings. The van der Waals surface area contributed by atoms with E-state index in [0.717, 1.165) is 17.8 Å². The van der Waals surface area contributed by atoms with Gasteiger partial charge in [-0.25, -0.2) is 0 Å². The van der Waals surface area contributed by atoms with Crippen molar-refractivity contribution < 1.29 is 5.11 Å². The summed E-state index contributed by atoms with van der Waals surface area (Å²) in [6, 6.07) is 19.6. The fourth-order valence-electron chi connectivity index (χ4n) is 2.61. The molecule has 0 aliphatic carbocycles. The predicted molar refractivity (Wildman–Crippen MR) is 126 cm³/mol. The molecule has 7 heteroatoms. The van der Waals surface area contributed by atoms with Gasteiger partial charge in [0.2, 0.25) is 0 Å². The van der Waals surface area contributed by atoms with E-state index in [1.807, 2.05) is 65.6 Å². The zero-order chi connectivity index (χ0) is 20.4. The van der Waals surface area contributed by atoms with E-state index in [0.29, 0.717) is 29.9 Å². The van der Waals surface area contributed by atoms with Crippen LogP contribution in [0.5, 0.6) is 0 Å². The second-order valence-electron chi connectivity index (χ2n) is 7.13. The molecule has 0 aromatic heterocycles. The van der Waals surface area contributed by atoms with Gasteiger partial charge in [0.25, 0.3) is 0 Å². The molecule has 28 heavy (non-hydrogen) atoms. The Balaban J connectivity index is 1.81. The van der Waals surface area contributed by atoms with Gasteiger partial charge >= 0.3 is 0 Å². The number of hydrogen-bond acceptors (Lipinski definition) is 3. The molecule has 4 N–H and O–H groups in total. The lowest BCUT2D eigenvalue weighted by Gasteiger charge is -2.31. The number of thiocarbonyl (C=S) groups is 2. The molecule has 2 rings (SSSR count). The summed E-state index contributed by atoms with van der Waals surface area (Å²) in [6.45, 7) is 5.40. The summed E-state index contributed by atoms with van der Waals surface area (Å²) in [5.74, 6) is 0. The Labute approximate surface area is 178 Å². The Bertz CT molecular complexity index is 748. The Hall–Kier alpha value is -2.22. The summed E-state index contributed by atoms with van der Waals surface area (Å²) in [5, 5.41) is 21.0. The Morgan fingerprint density at radius 2 is 1.46 bits per heavy atom. The van der Waals surface area contributed by atoms with Crippen molar-refractivity contribution in [3.8, 4) is 0 Å². The van der Waals surface area contributed by atoms with E-state index in [4.69, 9.17) is 24.4 Å². The second kappa shape index (κ2) is 10.9. The SMILES string of the molecule is CC(C)(O)CN(CCCNC(=S)Nc1ccccc1)C(=S)Nc1ccccc1. The topological polar surface area (TPSA) is 59.6 Å². The van der Waals surface area contributed by atoms with Crippen molar-refractivity contribution in [2.45, 2.75) is 25.9 Å². The number of nitrogens with one attached hydrogen (secondary N) is 3. The van der Waals surface area contributed by atoms with Crippen LogP contribution in [0.25, 0.3) is 0 Å². The number of benzene rings is 2. The lowest BCUT2D eigenvalue weighted by Crippen LogP contribution is -2.45. The van der Waals surface area contributed by atoms with Crippen LogP contribution in [-0.4, -0.2) is 45.5 Å². The smallest absolute Gasteiger partial charge is 0.173 e. The third kappa shape index (κ3) is 8.65. The lowest BCUT2D eigenvalue weighted by atomic mass is 10.1. The van der Waals surface area contributed by atoms with Crippen LogP contribution in [0, 0.1) is 0 Å². The molecule has 2 aromatic carbocycles. The minimum atomic E-state index is -0.847. The van der Waals surface area contributed by atoms with Gasteiger partial charge in [0.15, 0.2) is 10.2 Å². The number of anilines is 2. The highest BCUT2D eigenvalue weighted by Crippen LogP contribution is 2.11. The van der Waals surface area contributed by atoms with Gasteiger partial charge in [0.05, 0.1) is 5.60 Å². The van der Waals surface area contributed by atoms with Crippen LogP contribution in [-0.2, 0) is 0 Å². The number of aliphatic hydroxyl groups is 1. The summed E-state index contributed by atoms with van der Waals surface area (Å²) in [4.78, 5) is 1.98. The average molecular weight is 417 g/mol. The summed E-state index contributed by atoms with van der Waals surface area (Å²) >= 11 is 10.9. The molecule has 0 bridgehead atoms. The third-order valence-corrected chi connectivity index (χ3v) is 4.42. The minimum Gasteiger partial charge on any atom is -0.389 e. The molecule has 0 radical (unpaired) electrons. The van der Waals surface area contributed by atoms with Crippen molar-refractivity contribution in [3.63, 3.8) is 0 Å². The molecular formula is C21H28N4OS2. The molecule has 150 valence electrons. The summed E-state index contributed by atoms with van der Waals surface area (Å²) < 4.78 is 0. The van der Waals surface area contributed by atoms with E-state index < -0.39 is 5.60 Å². The van der Waals surface area contributed by atoms with E-state index in [1.165, 1.54) is 0 Å². The first kappa shape index (κ1) is 22.1. The highest BCUT2D eigenvalue weighted by atomic mass is 32.1. The highest BCUT2D eigenvalue weighted by molar-refractivity contribution is 7.80. The van der Waals surface area contributed by atoms with Crippen molar-refractivity contribution in [2.75, 3.05) is 30.3 Å². The minimum absolute atomic E-state index is 0.443. The van der Waals surface area contributed by atoms with Gasteiger partial charge in [-0.1, -0.05) is 36.4 Å². The van der Waals surface area contributed by atoms with E-state index in [1.54, 1.807) is 13.8 Å². The van der Waals surface area contributed by atoms with Crippen molar-refractivity contribution >= 4 is 46.0 Å². The fraction of sp³-hybridized carbons (Fsp3) is 0.333. The first-order valence-electron chi connectivity index (χ1n) is 9.27. The standard InChI is InChI=1S/C21H28N4OS2/c1-21(2,26)16-25(20(28)24-18-12-7-4-8-13-18)15-9-14-22-19(27)23-17-10-5-3-6-11-17/h3-8,10-13,26H,9,14-16H2,1-2H3,(H,24,28)(H2,22,23,27). The van der Waals surface area contributed by atoms with E-state index in [-0.39, 0.29) is 0 Å². The zero-order valence-corrected chi connectivity index (χ0v) is 17.9. The van der Waals surface area contributed by atoms with Crippen molar-refractivity contribution in [1.29, 1.82) is 0 Å². The maximum Gasteiger partial charge on any atom is 0.173 e. The van der Waals surface area contributed by atoms with E-state index in [9.17, 15) is 5.11 Å². The zero-order valence-electron chi connectivity index (χ0n) is 16.3. The lowest BCUT2D eigenvalue weighted by molar-refractivity contribution is 0.0565. The molecule has 0 aliphatic heterocycles. The first-order valence-corrected chi connectivity index (χ1v) is 10.1. The molecule has 0 unspecified atom stereocenters. The molecular weight excluding hydrogens is 388 g/mol. The largest absolute Gasteiger partial charge is 0.389 e. The van der Waals surface area contributed by atoms with Gasteiger partial charge in [-0.2, -0.15) is 0 Å². The summed E-state index contributed by atoms with van der Waals surface area (Å²) in [6.07, 6.45) is 0.823. The van der Waals surface area contributed by atoms with Crippen LogP contribution in [0.3, 0.4) is 0 Å². The monoisotopic (exact) mass is 416 g/mol. The van der Waals surface area contributed by atoms with Gasteiger partial charge in [-0.05, 0) is 69.0 Å². The van der Waals surface area contributed by atoms with Gasteiger partial charge in [-0.3, -0.25) is 0 Å². The maximum absolute atomic E-state index is 10.2. The quantitative estimate of drug-likeness (QED) is 0.385. The molecule has 0 heterocycles. The summed E-state index contributed by atoms with van der Waals surface area (Å²) in [7, 11) is 0. The first-order chi connectivity index (χ1) is 13.3. The Kier molecular flexibility index (Phi) is 8.63. The van der Waals surface area contributed by atoms with Crippen LogP contribution in [0.15, 0.2) is 60.7 Å². The number of hydrogen-bond donors (Lipinski definition) is 4. The molecule has 5 nitrogen and oxygen atoms in total. The Morgan fingerprint density at radius 3 is 2.00 bits per heavy atom.